The predicted molar refractivity (Wildman–Crippen MR) is 93.2 cm³/mol. The quantitative estimate of drug-likeness (QED) is 0.792. The van der Waals surface area contributed by atoms with E-state index >= 15 is 0 Å². The van der Waals surface area contributed by atoms with Gasteiger partial charge in [0.25, 0.3) is 5.91 Å². The molecule has 3 aromatic rings. The second-order valence-corrected chi connectivity index (χ2v) is 5.92. The van der Waals surface area contributed by atoms with Crippen molar-refractivity contribution in [2.45, 2.75) is 34.1 Å². The molecule has 0 spiro atoms. The van der Waals surface area contributed by atoms with Gasteiger partial charge in [-0.1, -0.05) is 19.1 Å². The largest absolute Gasteiger partial charge is 0.322 e. The van der Waals surface area contributed by atoms with Crippen molar-refractivity contribution < 1.29 is 4.79 Å². The normalized spacial score (nSPS) is 11.0. The number of aromatic nitrogens is 2. The van der Waals surface area contributed by atoms with Gasteiger partial charge in [0.2, 0.25) is 0 Å². The van der Waals surface area contributed by atoms with Crippen molar-refractivity contribution in [3.05, 3.63) is 64.6 Å². The average molecular weight is 307 g/mol. The van der Waals surface area contributed by atoms with E-state index in [0.29, 0.717) is 5.56 Å². The molecule has 0 aliphatic carbocycles. The zero-order valence-corrected chi connectivity index (χ0v) is 14.0. The fraction of sp³-hybridized carbons (Fsp3) is 0.263. The van der Waals surface area contributed by atoms with Gasteiger partial charge >= 0.3 is 0 Å². The summed E-state index contributed by atoms with van der Waals surface area (Å²) >= 11 is 0. The van der Waals surface area contributed by atoms with Crippen LogP contribution in [0.15, 0.2) is 36.5 Å². The first-order valence-corrected chi connectivity index (χ1v) is 7.85. The highest BCUT2D eigenvalue weighted by molar-refractivity contribution is 6.04. The number of aryl methyl sites for hydroxylation is 4. The topological polar surface area (TPSA) is 46.4 Å². The number of fused-ring (bicyclic) bond motifs is 1. The lowest BCUT2D eigenvalue weighted by atomic mass is 10.1. The summed E-state index contributed by atoms with van der Waals surface area (Å²) in [5.74, 6) is -0.105. The van der Waals surface area contributed by atoms with Gasteiger partial charge in [0, 0.05) is 17.6 Å². The average Bonchev–Trinajstić information content (AvgIpc) is 2.86. The number of hydrogen-bond acceptors (Lipinski definition) is 2. The Morgan fingerprint density at radius 3 is 2.70 bits per heavy atom. The molecule has 1 N–H and O–H groups in total. The summed E-state index contributed by atoms with van der Waals surface area (Å²) < 4.78 is 1.98. The van der Waals surface area contributed by atoms with E-state index in [4.69, 9.17) is 0 Å². The molecule has 4 heteroatoms. The second-order valence-electron chi connectivity index (χ2n) is 5.92. The molecule has 2 aromatic heterocycles. The number of nitrogens with one attached hydrogen (secondary N) is 1. The van der Waals surface area contributed by atoms with Crippen LogP contribution in [0, 0.1) is 20.8 Å². The number of nitrogens with zero attached hydrogens (tertiary/aromatic N) is 2. The Morgan fingerprint density at radius 2 is 1.96 bits per heavy atom. The lowest BCUT2D eigenvalue weighted by Crippen LogP contribution is -2.13. The van der Waals surface area contributed by atoms with Crippen LogP contribution >= 0.6 is 0 Å². The van der Waals surface area contributed by atoms with Crippen LogP contribution in [0.1, 0.15) is 39.8 Å². The van der Waals surface area contributed by atoms with Crippen LogP contribution < -0.4 is 5.32 Å². The van der Waals surface area contributed by atoms with Gasteiger partial charge < -0.3 is 9.72 Å². The summed E-state index contributed by atoms with van der Waals surface area (Å²) in [6, 6.07) is 9.76. The minimum Gasteiger partial charge on any atom is -0.322 e. The molecule has 0 saturated heterocycles. The highest BCUT2D eigenvalue weighted by Crippen LogP contribution is 2.18. The van der Waals surface area contributed by atoms with E-state index in [2.05, 4.69) is 17.2 Å². The number of anilines is 1. The molecule has 0 unspecified atom stereocenters. The molecule has 0 fully saturated rings. The maximum absolute atomic E-state index is 12.6. The molecule has 2 heterocycles. The van der Waals surface area contributed by atoms with Gasteiger partial charge in [0.15, 0.2) is 0 Å². The van der Waals surface area contributed by atoms with E-state index in [0.717, 1.165) is 40.3 Å². The van der Waals surface area contributed by atoms with Crippen LogP contribution in [-0.2, 0) is 6.42 Å². The number of imidazole rings is 1. The Morgan fingerprint density at radius 1 is 1.17 bits per heavy atom. The smallest absolute Gasteiger partial charge is 0.257 e. The van der Waals surface area contributed by atoms with E-state index < -0.39 is 0 Å². The first-order chi connectivity index (χ1) is 11.0. The molecule has 0 aliphatic rings. The van der Waals surface area contributed by atoms with Crippen LogP contribution in [0.3, 0.4) is 0 Å². The number of carbonyl (C=O) groups excluding carboxylic acids is 1. The lowest BCUT2D eigenvalue weighted by Gasteiger charge is -2.10. The molecular formula is C19H21N3O. The van der Waals surface area contributed by atoms with E-state index in [-0.39, 0.29) is 5.91 Å². The monoisotopic (exact) mass is 307 g/mol. The Labute approximate surface area is 136 Å². The second kappa shape index (κ2) is 5.88. The van der Waals surface area contributed by atoms with Crippen molar-refractivity contribution in [3.8, 4) is 0 Å². The van der Waals surface area contributed by atoms with Crippen LogP contribution in [0.5, 0.6) is 0 Å². The van der Waals surface area contributed by atoms with Gasteiger partial charge in [-0.3, -0.25) is 4.79 Å². The van der Waals surface area contributed by atoms with E-state index in [1.54, 1.807) is 0 Å². The molecule has 1 amide bonds. The van der Waals surface area contributed by atoms with Gasteiger partial charge in [-0.2, -0.15) is 0 Å². The van der Waals surface area contributed by atoms with Gasteiger partial charge in [0.05, 0.1) is 11.3 Å². The van der Waals surface area contributed by atoms with Crippen molar-refractivity contribution in [1.29, 1.82) is 0 Å². The SMILES string of the molecule is CCc1nc2ccc(C(=O)Nc3cc(C)ccc3C)cn2c1C. The van der Waals surface area contributed by atoms with Gasteiger partial charge in [-0.15, -0.1) is 0 Å². The molecule has 3 rings (SSSR count). The lowest BCUT2D eigenvalue weighted by molar-refractivity contribution is 0.102. The molecule has 4 nitrogen and oxygen atoms in total. The van der Waals surface area contributed by atoms with Crippen molar-refractivity contribution in [3.63, 3.8) is 0 Å². The predicted octanol–water partition coefficient (Wildman–Crippen LogP) is 4.07. The summed E-state index contributed by atoms with van der Waals surface area (Å²) in [6.45, 7) is 8.13. The molecule has 118 valence electrons. The van der Waals surface area contributed by atoms with E-state index in [1.807, 2.05) is 61.7 Å². The Kier molecular flexibility index (Phi) is 3.90. The molecule has 0 aliphatic heterocycles. The van der Waals surface area contributed by atoms with E-state index in [1.165, 1.54) is 0 Å². The number of amides is 1. The third-order valence-corrected chi connectivity index (χ3v) is 4.19. The summed E-state index contributed by atoms with van der Waals surface area (Å²) in [6.07, 6.45) is 2.74. The van der Waals surface area contributed by atoms with Gasteiger partial charge in [-0.25, -0.2) is 4.98 Å². The number of carbonyl (C=O) groups is 1. The fourth-order valence-corrected chi connectivity index (χ4v) is 2.75. The Bertz CT molecular complexity index is 893. The van der Waals surface area contributed by atoms with E-state index in [9.17, 15) is 4.79 Å². The number of pyridine rings is 1. The Hall–Kier alpha value is -2.62. The first kappa shape index (κ1) is 15.3. The third-order valence-electron chi connectivity index (χ3n) is 4.19. The number of benzene rings is 1. The van der Waals surface area contributed by atoms with Crippen LogP contribution in [0.2, 0.25) is 0 Å². The van der Waals surface area contributed by atoms with Crippen molar-refractivity contribution >= 4 is 17.2 Å². The van der Waals surface area contributed by atoms with Gasteiger partial charge in [0.1, 0.15) is 5.65 Å². The maximum atomic E-state index is 12.6. The molecule has 0 bridgehead atoms. The molecule has 0 radical (unpaired) electrons. The molecule has 1 aromatic carbocycles. The maximum Gasteiger partial charge on any atom is 0.257 e. The van der Waals surface area contributed by atoms with Crippen molar-refractivity contribution in [1.82, 2.24) is 9.38 Å². The number of hydrogen-bond donors (Lipinski definition) is 1. The van der Waals surface area contributed by atoms with Crippen LogP contribution in [0.25, 0.3) is 5.65 Å². The molecule has 0 saturated carbocycles. The summed E-state index contributed by atoms with van der Waals surface area (Å²) in [5, 5.41) is 3.00. The van der Waals surface area contributed by atoms with Gasteiger partial charge in [-0.05, 0) is 56.5 Å². The summed E-state index contributed by atoms with van der Waals surface area (Å²) in [7, 11) is 0. The first-order valence-electron chi connectivity index (χ1n) is 7.85. The van der Waals surface area contributed by atoms with Crippen molar-refractivity contribution in [2.75, 3.05) is 5.32 Å². The molecule has 0 atom stereocenters. The molecule has 23 heavy (non-hydrogen) atoms. The van der Waals surface area contributed by atoms with Crippen molar-refractivity contribution in [2.24, 2.45) is 0 Å². The zero-order chi connectivity index (χ0) is 16.6. The molecular weight excluding hydrogens is 286 g/mol. The van der Waals surface area contributed by atoms with Crippen LogP contribution in [0.4, 0.5) is 5.69 Å². The Balaban J connectivity index is 1.94. The highest BCUT2D eigenvalue weighted by atomic mass is 16.1. The van der Waals surface area contributed by atoms with Crippen LogP contribution in [-0.4, -0.2) is 15.3 Å². The zero-order valence-electron chi connectivity index (χ0n) is 14.0. The minimum atomic E-state index is -0.105. The standard InChI is InChI=1S/C19H21N3O/c1-5-16-14(4)22-11-15(8-9-18(22)20-16)19(23)21-17-10-12(2)6-7-13(17)3/h6-11H,5H2,1-4H3,(H,21,23). The fourth-order valence-electron chi connectivity index (χ4n) is 2.75. The highest BCUT2D eigenvalue weighted by Gasteiger charge is 2.12. The summed E-state index contributed by atoms with van der Waals surface area (Å²) in [4.78, 5) is 17.1. The summed E-state index contributed by atoms with van der Waals surface area (Å²) in [5.41, 5.74) is 6.69. The minimum absolute atomic E-state index is 0.105. The third kappa shape index (κ3) is 2.84. The number of rotatable bonds is 3.